The maximum Gasteiger partial charge on any atom is 0.122 e. The Morgan fingerprint density at radius 1 is 1.07 bits per heavy atom. The van der Waals surface area contributed by atoms with Gasteiger partial charge < -0.3 is 14.6 Å². The van der Waals surface area contributed by atoms with Crippen molar-refractivity contribution < 1.29 is 14.6 Å². The minimum Gasteiger partial charge on any atom is -0.497 e. The zero-order chi connectivity index (χ0) is 18.9. The molecule has 1 fully saturated rings. The van der Waals surface area contributed by atoms with Crippen LogP contribution in [0.25, 0.3) is 0 Å². The first-order valence-corrected chi connectivity index (χ1v) is 10.7. The predicted octanol–water partition coefficient (Wildman–Crippen LogP) is 3.27. The molecule has 1 saturated heterocycles. The summed E-state index contributed by atoms with van der Waals surface area (Å²) in [4.78, 5) is 2.32. The lowest BCUT2D eigenvalue weighted by atomic mass is 10.0. The van der Waals surface area contributed by atoms with E-state index in [0.717, 1.165) is 48.9 Å². The van der Waals surface area contributed by atoms with Crippen molar-refractivity contribution in [3.8, 4) is 11.5 Å². The van der Waals surface area contributed by atoms with Gasteiger partial charge in [0.05, 0.1) is 7.11 Å². The third-order valence-corrected chi connectivity index (χ3v) is 5.74. The number of β-amino-alcohol motifs (C(OH)–C–C–N with tert-alkyl or cyclic N) is 1. The van der Waals surface area contributed by atoms with Crippen LogP contribution in [-0.2, 0) is 12.8 Å². The molecular weight excluding hydrogens is 358 g/mol. The highest BCUT2D eigenvalue weighted by Crippen LogP contribution is 2.22. The summed E-state index contributed by atoms with van der Waals surface area (Å²) in [6.45, 7) is 3.13. The van der Waals surface area contributed by atoms with Crippen LogP contribution in [0.15, 0.2) is 48.5 Å². The smallest absolute Gasteiger partial charge is 0.122 e. The van der Waals surface area contributed by atoms with E-state index >= 15 is 0 Å². The van der Waals surface area contributed by atoms with Gasteiger partial charge in [-0.2, -0.15) is 11.8 Å². The number of rotatable bonds is 9. The third kappa shape index (κ3) is 6.45. The highest BCUT2D eigenvalue weighted by molar-refractivity contribution is 7.99. The number of nitrogens with zero attached hydrogens (tertiary/aromatic N) is 1. The van der Waals surface area contributed by atoms with Gasteiger partial charge in [-0.05, 0) is 42.2 Å². The van der Waals surface area contributed by atoms with E-state index in [4.69, 9.17) is 9.47 Å². The molecule has 4 nitrogen and oxygen atoms in total. The van der Waals surface area contributed by atoms with E-state index in [2.05, 4.69) is 23.1 Å². The summed E-state index contributed by atoms with van der Waals surface area (Å²) in [6.07, 6.45) is 1.36. The molecule has 1 atom stereocenters. The number of aliphatic hydroxyl groups excluding tert-OH is 1. The Labute approximate surface area is 166 Å². The number of aliphatic hydroxyl groups is 1. The number of hydrogen-bond donors (Lipinski definition) is 1. The fourth-order valence-corrected chi connectivity index (χ4v) is 4.26. The first-order chi connectivity index (χ1) is 13.2. The van der Waals surface area contributed by atoms with Crippen molar-refractivity contribution in [3.63, 3.8) is 0 Å². The minimum absolute atomic E-state index is 0.333. The average molecular weight is 388 g/mol. The summed E-state index contributed by atoms with van der Waals surface area (Å²) in [5, 5.41) is 10.3. The molecule has 1 aliphatic heterocycles. The van der Waals surface area contributed by atoms with Crippen molar-refractivity contribution in [1.29, 1.82) is 0 Å². The molecule has 3 rings (SSSR count). The molecule has 2 aromatic carbocycles. The Kier molecular flexibility index (Phi) is 7.87. The quantitative estimate of drug-likeness (QED) is 0.715. The second kappa shape index (κ2) is 10.6. The summed E-state index contributed by atoms with van der Waals surface area (Å²) in [5.41, 5.74) is 2.41. The molecule has 0 radical (unpaired) electrons. The molecule has 2 aromatic rings. The number of thioether (sulfide) groups is 1. The molecule has 0 aliphatic carbocycles. The van der Waals surface area contributed by atoms with E-state index < -0.39 is 6.10 Å². The number of benzene rings is 2. The maximum atomic E-state index is 10.3. The van der Waals surface area contributed by atoms with Gasteiger partial charge in [0, 0.05) is 31.1 Å². The van der Waals surface area contributed by atoms with Crippen LogP contribution < -0.4 is 9.47 Å². The minimum atomic E-state index is -0.459. The number of aryl methyl sites for hydroxylation is 2. The van der Waals surface area contributed by atoms with Crippen LogP contribution in [0, 0.1) is 0 Å². The van der Waals surface area contributed by atoms with Crippen LogP contribution in [0.4, 0.5) is 0 Å². The number of ether oxygens (including phenoxy) is 2. The Hall–Kier alpha value is -1.69. The van der Waals surface area contributed by atoms with Gasteiger partial charge >= 0.3 is 0 Å². The molecule has 1 aliphatic rings. The van der Waals surface area contributed by atoms with E-state index in [1.54, 1.807) is 7.11 Å². The van der Waals surface area contributed by atoms with Gasteiger partial charge in [0.15, 0.2) is 0 Å². The van der Waals surface area contributed by atoms with Crippen LogP contribution in [0.2, 0.25) is 0 Å². The highest BCUT2D eigenvalue weighted by atomic mass is 32.2. The van der Waals surface area contributed by atoms with Crippen LogP contribution in [0.1, 0.15) is 11.1 Å². The number of methoxy groups -OCH3 is 1. The lowest BCUT2D eigenvalue weighted by Gasteiger charge is -2.28. The molecule has 0 amide bonds. The molecule has 5 heteroatoms. The average Bonchev–Trinajstić information content (AvgIpc) is 2.72. The van der Waals surface area contributed by atoms with Gasteiger partial charge in [0.1, 0.15) is 24.2 Å². The van der Waals surface area contributed by atoms with Gasteiger partial charge in [-0.15, -0.1) is 0 Å². The van der Waals surface area contributed by atoms with Crippen LogP contribution >= 0.6 is 11.8 Å². The second-order valence-electron chi connectivity index (χ2n) is 6.84. The zero-order valence-electron chi connectivity index (χ0n) is 16.0. The van der Waals surface area contributed by atoms with Crippen LogP contribution in [0.3, 0.4) is 0 Å². The van der Waals surface area contributed by atoms with Crippen molar-refractivity contribution in [2.75, 3.05) is 44.9 Å². The monoisotopic (exact) mass is 387 g/mol. The third-order valence-electron chi connectivity index (χ3n) is 4.79. The maximum absolute atomic E-state index is 10.3. The largest absolute Gasteiger partial charge is 0.497 e. The predicted molar refractivity (Wildman–Crippen MR) is 112 cm³/mol. The molecule has 0 saturated carbocycles. The molecular formula is C22H29NO3S. The molecule has 146 valence electrons. The SMILES string of the molecule is COc1cccc(CCc2ccccc2OC[C@H](O)CN2CCSCC2)c1. The van der Waals surface area contributed by atoms with Gasteiger partial charge in [-0.25, -0.2) is 0 Å². The van der Waals surface area contributed by atoms with E-state index in [1.807, 2.05) is 42.1 Å². The molecule has 0 unspecified atom stereocenters. The fraction of sp³-hybridized carbons (Fsp3) is 0.455. The Balaban J connectivity index is 1.52. The van der Waals surface area contributed by atoms with E-state index in [1.165, 1.54) is 11.1 Å². The molecule has 1 N–H and O–H groups in total. The highest BCUT2D eigenvalue weighted by Gasteiger charge is 2.15. The summed E-state index contributed by atoms with van der Waals surface area (Å²) in [6, 6.07) is 16.3. The fourth-order valence-electron chi connectivity index (χ4n) is 3.28. The van der Waals surface area contributed by atoms with Gasteiger partial charge in [-0.3, -0.25) is 4.90 Å². The van der Waals surface area contributed by atoms with E-state index in [9.17, 15) is 5.11 Å². The molecule has 0 aromatic heterocycles. The van der Waals surface area contributed by atoms with Gasteiger partial charge in [0.25, 0.3) is 0 Å². The van der Waals surface area contributed by atoms with Gasteiger partial charge in [-0.1, -0.05) is 30.3 Å². The lowest BCUT2D eigenvalue weighted by molar-refractivity contribution is 0.0712. The topological polar surface area (TPSA) is 41.9 Å². The Morgan fingerprint density at radius 3 is 2.70 bits per heavy atom. The van der Waals surface area contributed by atoms with Crippen molar-refractivity contribution in [2.45, 2.75) is 18.9 Å². The summed E-state index contributed by atoms with van der Waals surface area (Å²) < 4.78 is 11.3. The van der Waals surface area contributed by atoms with E-state index in [-0.39, 0.29) is 0 Å². The number of hydrogen-bond acceptors (Lipinski definition) is 5. The zero-order valence-corrected chi connectivity index (χ0v) is 16.8. The first-order valence-electron chi connectivity index (χ1n) is 9.56. The Bertz CT molecular complexity index is 703. The molecule has 0 spiro atoms. The Morgan fingerprint density at radius 2 is 1.89 bits per heavy atom. The van der Waals surface area contributed by atoms with Gasteiger partial charge in [0.2, 0.25) is 0 Å². The molecule has 0 bridgehead atoms. The summed E-state index contributed by atoms with van der Waals surface area (Å²) in [5.74, 6) is 4.06. The van der Waals surface area contributed by atoms with Crippen LogP contribution in [-0.4, -0.2) is 61.0 Å². The van der Waals surface area contributed by atoms with Crippen molar-refractivity contribution in [2.24, 2.45) is 0 Å². The van der Waals surface area contributed by atoms with E-state index in [0.29, 0.717) is 13.2 Å². The molecule has 27 heavy (non-hydrogen) atoms. The first kappa shape index (κ1) is 20.1. The van der Waals surface area contributed by atoms with Crippen molar-refractivity contribution in [3.05, 3.63) is 59.7 Å². The standard InChI is InChI=1S/C22H29NO3S/c1-25-21-7-4-5-18(15-21)9-10-19-6-2-3-8-22(19)26-17-20(24)16-23-11-13-27-14-12-23/h2-8,15,20,24H,9-14,16-17H2,1H3/t20-/m1/s1. The van der Waals surface area contributed by atoms with Crippen molar-refractivity contribution in [1.82, 2.24) is 4.90 Å². The molecule has 1 heterocycles. The summed E-state index contributed by atoms with van der Waals surface area (Å²) >= 11 is 1.98. The number of para-hydroxylation sites is 1. The van der Waals surface area contributed by atoms with Crippen molar-refractivity contribution >= 4 is 11.8 Å². The lowest BCUT2D eigenvalue weighted by Crippen LogP contribution is -2.40. The normalized spacial score (nSPS) is 16.1. The summed E-state index contributed by atoms with van der Waals surface area (Å²) in [7, 11) is 1.69. The van der Waals surface area contributed by atoms with Crippen LogP contribution in [0.5, 0.6) is 11.5 Å². The second-order valence-corrected chi connectivity index (χ2v) is 8.06.